The van der Waals surface area contributed by atoms with Crippen molar-refractivity contribution in [2.24, 2.45) is 11.7 Å². The Hall–Kier alpha value is -1.72. The first-order valence-corrected chi connectivity index (χ1v) is 7.60. The van der Waals surface area contributed by atoms with Crippen LogP contribution in [0, 0.1) is 11.7 Å². The third kappa shape index (κ3) is 4.15. The topological polar surface area (TPSA) is 75.3 Å². The third-order valence-corrected chi connectivity index (χ3v) is 4.31. The fourth-order valence-electron chi connectivity index (χ4n) is 2.85. The highest BCUT2D eigenvalue weighted by Crippen LogP contribution is 2.50. The molecule has 2 rings (SSSR count). The van der Waals surface area contributed by atoms with E-state index < -0.39 is 11.6 Å². The summed E-state index contributed by atoms with van der Waals surface area (Å²) in [5.74, 6) is -0.245. The molecule has 5 heteroatoms. The lowest BCUT2D eigenvalue weighted by Gasteiger charge is -2.25. The molecule has 1 aromatic carbocycles. The van der Waals surface area contributed by atoms with Gasteiger partial charge in [0.25, 0.3) is 0 Å². The lowest BCUT2D eigenvalue weighted by Crippen LogP contribution is -2.59. The van der Waals surface area contributed by atoms with E-state index in [1.165, 1.54) is 12.1 Å². The number of aliphatic carboxylic acids is 1. The van der Waals surface area contributed by atoms with Crippen LogP contribution in [0.4, 0.5) is 4.39 Å². The summed E-state index contributed by atoms with van der Waals surface area (Å²) in [6.07, 6.45) is 4.73. The van der Waals surface area contributed by atoms with Gasteiger partial charge < -0.3 is 10.8 Å². The van der Waals surface area contributed by atoms with E-state index in [-0.39, 0.29) is 5.82 Å². The zero-order valence-electron chi connectivity index (χ0n) is 12.6. The Morgan fingerprint density at radius 3 is 2.77 bits per heavy atom. The Balaban J connectivity index is 1.78. The second kappa shape index (κ2) is 7.03. The summed E-state index contributed by atoms with van der Waals surface area (Å²) in [6, 6.07) is 6.63. The van der Waals surface area contributed by atoms with E-state index in [9.17, 15) is 14.3 Å². The van der Waals surface area contributed by atoms with E-state index in [2.05, 4.69) is 11.9 Å². The molecule has 0 bridgehead atoms. The molecule has 0 spiro atoms. The fourth-order valence-corrected chi connectivity index (χ4v) is 2.85. The first-order chi connectivity index (χ1) is 10.5. The van der Waals surface area contributed by atoms with Crippen LogP contribution in [0.2, 0.25) is 0 Å². The average Bonchev–Trinajstić information content (AvgIpc) is 3.25. The molecule has 120 valence electrons. The summed E-state index contributed by atoms with van der Waals surface area (Å²) in [4.78, 5) is 11.3. The summed E-state index contributed by atoms with van der Waals surface area (Å²) in [7, 11) is 0. The number of carbonyl (C=O) groups is 1. The summed E-state index contributed by atoms with van der Waals surface area (Å²) < 4.78 is 12.9. The van der Waals surface area contributed by atoms with Crippen molar-refractivity contribution in [3.63, 3.8) is 0 Å². The van der Waals surface area contributed by atoms with Crippen molar-refractivity contribution in [1.29, 1.82) is 0 Å². The molecule has 0 amide bonds. The van der Waals surface area contributed by atoms with Gasteiger partial charge in [0.1, 0.15) is 5.82 Å². The molecule has 22 heavy (non-hydrogen) atoms. The molecular formula is C17H23FN2O2. The number of nitrogens with one attached hydrogen (secondary N) is 1. The van der Waals surface area contributed by atoms with Gasteiger partial charge in [-0.3, -0.25) is 5.32 Å². The van der Waals surface area contributed by atoms with Gasteiger partial charge in [-0.15, -0.1) is 6.58 Å². The molecule has 0 unspecified atom stereocenters. The zero-order chi connectivity index (χ0) is 16.2. The average molecular weight is 306 g/mol. The van der Waals surface area contributed by atoms with Crippen LogP contribution in [0.3, 0.4) is 0 Å². The molecule has 1 fully saturated rings. The first-order valence-electron chi connectivity index (χ1n) is 7.60. The molecule has 4 nitrogen and oxygen atoms in total. The molecule has 3 atom stereocenters. The van der Waals surface area contributed by atoms with Gasteiger partial charge in [0.15, 0.2) is 5.66 Å². The second-order valence-corrected chi connectivity index (χ2v) is 5.99. The summed E-state index contributed by atoms with van der Waals surface area (Å²) in [6.45, 7) is 3.92. The number of hydrogen-bond donors (Lipinski definition) is 3. The van der Waals surface area contributed by atoms with Gasteiger partial charge in [-0.25, -0.2) is 9.18 Å². The highest BCUT2D eigenvalue weighted by molar-refractivity contribution is 5.77. The minimum absolute atomic E-state index is 0.219. The minimum Gasteiger partial charge on any atom is -0.479 e. The Morgan fingerprint density at radius 2 is 2.18 bits per heavy atom. The van der Waals surface area contributed by atoms with E-state index >= 15 is 0 Å². The smallest absolute Gasteiger partial charge is 0.338 e. The molecule has 1 aromatic rings. The first kappa shape index (κ1) is 16.6. The van der Waals surface area contributed by atoms with E-state index in [4.69, 9.17) is 5.73 Å². The van der Waals surface area contributed by atoms with Gasteiger partial charge in [0.2, 0.25) is 0 Å². The van der Waals surface area contributed by atoms with Crippen molar-refractivity contribution < 1.29 is 14.3 Å². The molecule has 1 aliphatic rings. The molecule has 0 saturated heterocycles. The monoisotopic (exact) mass is 306 g/mol. The molecule has 0 aliphatic heterocycles. The number of hydrogen-bond acceptors (Lipinski definition) is 3. The lowest BCUT2D eigenvalue weighted by atomic mass is 10.00. The van der Waals surface area contributed by atoms with Gasteiger partial charge in [0.05, 0.1) is 0 Å². The van der Waals surface area contributed by atoms with Crippen molar-refractivity contribution in [3.05, 3.63) is 48.3 Å². The Kier molecular flexibility index (Phi) is 5.32. The summed E-state index contributed by atoms with van der Waals surface area (Å²) in [5.41, 5.74) is 5.66. The minimum atomic E-state index is -1.39. The maximum atomic E-state index is 12.9. The SMILES string of the molecule is C=CCN[C@@](N)(CCC[C@@H]1C[C@@H]1c1ccc(F)cc1)C(=O)O. The van der Waals surface area contributed by atoms with Gasteiger partial charge in [-0.1, -0.05) is 18.2 Å². The quantitative estimate of drug-likeness (QED) is 0.484. The van der Waals surface area contributed by atoms with Crippen LogP contribution >= 0.6 is 0 Å². The lowest BCUT2D eigenvalue weighted by molar-refractivity contribution is -0.145. The van der Waals surface area contributed by atoms with Crippen molar-refractivity contribution in [3.8, 4) is 0 Å². The van der Waals surface area contributed by atoms with Crippen LogP contribution < -0.4 is 11.1 Å². The van der Waals surface area contributed by atoms with E-state index in [1.807, 2.05) is 12.1 Å². The number of rotatable bonds is 9. The Labute approximate surface area is 130 Å². The number of carboxylic acid groups (broad SMARTS) is 1. The van der Waals surface area contributed by atoms with Gasteiger partial charge >= 0.3 is 5.97 Å². The zero-order valence-corrected chi connectivity index (χ0v) is 12.6. The van der Waals surface area contributed by atoms with Crippen LogP contribution in [-0.4, -0.2) is 23.3 Å². The summed E-state index contributed by atoms with van der Waals surface area (Å²) in [5, 5.41) is 12.0. The highest BCUT2D eigenvalue weighted by Gasteiger charge is 2.39. The van der Waals surface area contributed by atoms with Crippen molar-refractivity contribution in [2.75, 3.05) is 6.54 Å². The Morgan fingerprint density at radius 1 is 1.50 bits per heavy atom. The number of benzene rings is 1. The fraction of sp³-hybridized carbons (Fsp3) is 0.471. The molecule has 0 aromatic heterocycles. The number of halogens is 1. The third-order valence-electron chi connectivity index (χ3n) is 4.31. The van der Waals surface area contributed by atoms with Crippen LogP contribution in [0.15, 0.2) is 36.9 Å². The molecular weight excluding hydrogens is 283 g/mol. The molecule has 0 radical (unpaired) electrons. The van der Waals surface area contributed by atoms with Gasteiger partial charge in [-0.05, 0) is 55.2 Å². The number of nitrogens with two attached hydrogens (primary N) is 1. The van der Waals surface area contributed by atoms with Crippen LogP contribution in [0.5, 0.6) is 0 Å². The largest absolute Gasteiger partial charge is 0.479 e. The molecule has 4 N–H and O–H groups in total. The Bertz CT molecular complexity index is 532. The van der Waals surface area contributed by atoms with Crippen LogP contribution in [0.1, 0.15) is 37.2 Å². The van der Waals surface area contributed by atoms with E-state index in [1.54, 1.807) is 6.08 Å². The number of carboxylic acids is 1. The van der Waals surface area contributed by atoms with E-state index in [0.29, 0.717) is 24.8 Å². The maximum Gasteiger partial charge on any atom is 0.338 e. The second-order valence-electron chi connectivity index (χ2n) is 5.99. The highest BCUT2D eigenvalue weighted by atomic mass is 19.1. The van der Waals surface area contributed by atoms with Crippen molar-refractivity contribution >= 4 is 5.97 Å². The predicted molar refractivity (Wildman–Crippen MR) is 83.9 cm³/mol. The van der Waals surface area contributed by atoms with Crippen molar-refractivity contribution in [2.45, 2.75) is 37.3 Å². The van der Waals surface area contributed by atoms with Crippen molar-refractivity contribution in [1.82, 2.24) is 5.32 Å². The standard InChI is InChI=1S/C17H23FN2O2/c1-2-10-20-17(19,16(21)22)9-3-4-13-11-15(13)12-5-7-14(18)8-6-12/h2,5-8,13,15,20H,1,3-4,9-11,19H2,(H,21,22)/t13-,15-,17+/m1/s1. The summed E-state index contributed by atoms with van der Waals surface area (Å²) >= 11 is 0. The predicted octanol–water partition coefficient (Wildman–Crippen LogP) is 2.61. The van der Waals surface area contributed by atoms with Crippen LogP contribution in [-0.2, 0) is 4.79 Å². The van der Waals surface area contributed by atoms with Gasteiger partial charge in [0, 0.05) is 6.54 Å². The maximum absolute atomic E-state index is 12.9. The molecule has 1 aliphatic carbocycles. The van der Waals surface area contributed by atoms with Crippen LogP contribution in [0.25, 0.3) is 0 Å². The van der Waals surface area contributed by atoms with E-state index in [0.717, 1.165) is 24.8 Å². The molecule has 0 heterocycles. The normalized spacial score (nSPS) is 22.8. The van der Waals surface area contributed by atoms with Gasteiger partial charge in [-0.2, -0.15) is 0 Å². The molecule has 1 saturated carbocycles.